The van der Waals surface area contributed by atoms with Gasteiger partial charge in [-0.05, 0) is 49.1 Å². The molecule has 1 fully saturated rings. The van der Waals surface area contributed by atoms with Crippen molar-refractivity contribution in [1.82, 2.24) is 4.98 Å². The number of anilines is 2. The fourth-order valence-corrected chi connectivity index (χ4v) is 3.32. The van der Waals surface area contributed by atoms with Crippen molar-refractivity contribution in [3.8, 4) is 0 Å². The number of fused-ring (bicyclic) bond motifs is 1. The van der Waals surface area contributed by atoms with Gasteiger partial charge in [-0.2, -0.15) is 0 Å². The largest absolute Gasteiger partial charge is 0.368 e. The Hall–Kier alpha value is -2.73. The van der Waals surface area contributed by atoms with Gasteiger partial charge in [-0.1, -0.05) is 6.07 Å². The summed E-state index contributed by atoms with van der Waals surface area (Å²) in [6.07, 6.45) is 5.32. The zero-order valence-corrected chi connectivity index (χ0v) is 13.8. The molecule has 2 aliphatic rings. The molecule has 1 aromatic heterocycles. The lowest BCUT2D eigenvalue weighted by Gasteiger charge is -2.18. The Morgan fingerprint density at radius 3 is 2.96 bits per heavy atom. The minimum absolute atomic E-state index is 0.0746. The van der Waals surface area contributed by atoms with E-state index in [0.29, 0.717) is 24.4 Å². The molecule has 1 atom stereocenters. The number of ether oxygens (including phenoxy) is 1. The van der Waals surface area contributed by atoms with Crippen LogP contribution in [0, 0.1) is 0 Å². The molecule has 2 aliphatic heterocycles. The van der Waals surface area contributed by atoms with Crippen LogP contribution in [0.2, 0.25) is 0 Å². The van der Waals surface area contributed by atoms with E-state index >= 15 is 0 Å². The normalized spacial score (nSPS) is 18.9. The molecule has 0 aliphatic carbocycles. The molecule has 1 aromatic carbocycles. The molecule has 0 radical (unpaired) electrons. The molecule has 3 heterocycles. The fourth-order valence-electron chi connectivity index (χ4n) is 3.32. The Labute approximate surface area is 145 Å². The Morgan fingerprint density at radius 2 is 2.20 bits per heavy atom. The number of amides is 2. The lowest BCUT2D eigenvalue weighted by molar-refractivity contribution is -0.124. The van der Waals surface area contributed by atoms with Crippen molar-refractivity contribution in [2.75, 3.05) is 23.4 Å². The monoisotopic (exact) mass is 337 g/mol. The van der Waals surface area contributed by atoms with Crippen LogP contribution in [0.15, 0.2) is 42.7 Å². The van der Waals surface area contributed by atoms with E-state index in [4.69, 9.17) is 4.74 Å². The summed E-state index contributed by atoms with van der Waals surface area (Å²) >= 11 is 0. The molecule has 0 saturated carbocycles. The Balaban J connectivity index is 1.55. The molecule has 1 N–H and O–H groups in total. The van der Waals surface area contributed by atoms with Gasteiger partial charge >= 0.3 is 0 Å². The van der Waals surface area contributed by atoms with Crippen LogP contribution in [-0.2, 0) is 16.0 Å². The van der Waals surface area contributed by atoms with E-state index in [1.54, 1.807) is 29.4 Å². The SMILES string of the molecule is O=C(Nc1ccc2c(c1)N(C(=O)c1cccnc1)CC2)C1CCCO1. The summed E-state index contributed by atoms with van der Waals surface area (Å²) in [5.74, 6) is -0.199. The smallest absolute Gasteiger partial charge is 0.259 e. The maximum atomic E-state index is 12.7. The first kappa shape index (κ1) is 15.8. The average molecular weight is 337 g/mol. The zero-order valence-electron chi connectivity index (χ0n) is 13.8. The molecule has 2 amide bonds. The third-order valence-corrected chi connectivity index (χ3v) is 4.62. The second-order valence-electron chi connectivity index (χ2n) is 6.28. The number of nitrogens with zero attached hydrogens (tertiary/aromatic N) is 2. The average Bonchev–Trinajstić information content (AvgIpc) is 3.31. The first-order valence-electron chi connectivity index (χ1n) is 8.49. The van der Waals surface area contributed by atoms with Crippen molar-refractivity contribution >= 4 is 23.2 Å². The summed E-state index contributed by atoms with van der Waals surface area (Å²) in [4.78, 5) is 30.7. The van der Waals surface area contributed by atoms with Crippen molar-refractivity contribution in [2.45, 2.75) is 25.4 Å². The van der Waals surface area contributed by atoms with Crippen LogP contribution < -0.4 is 10.2 Å². The lowest BCUT2D eigenvalue weighted by atomic mass is 10.1. The molecule has 128 valence electrons. The predicted octanol–water partition coefficient (Wildman–Crippen LogP) is 2.40. The first-order valence-corrected chi connectivity index (χ1v) is 8.49. The summed E-state index contributed by atoms with van der Waals surface area (Å²) in [5.41, 5.74) is 3.20. The van der Waals surface area contributed by atoms with E-state index in [1.165, 1.54) is 0 Å². The van der Waals surface area contributed by atoms with E-state index in [-0.39, 0.29) is 17.9 Å². The van der Waals surface area contributed by atoms with E-state index in [9.17, 15) is 9.59 Å². The standard InChI is InChI=1S/C19H19N3O3/c23-18(17-4-2-10-25-17)21-15-6-5-13-7-9-22(16(13)11-15)19(24)14-3-1-8-20-12-14/h1,3,5-6,8,11-12,17H,2,4,7,9-10H2,(H,21,23). The van der Waals surface area contributed by atoms with E-state index in [2.05, 4.69) is 10.3 Å². The van der Waals surface area contributed by atoms with Crippen LogP contribution in [0.3, 0.4) is 0 Å². The Morgan fingerprint density at radius 1 is 1.28 bits per heavy atom. The highest BCUT2D eigenvalue weighted by Gasteiger charge is 2.27. The summed E-state index contributed by atoms with van der Waals surface area (Å²) in [6, 6.07) is 9.23. The lowest BCUT2D eigenvalue weighted by Crippen LogP contribution is -2.29. The molecular formula is C19H19N3O3. The van der Waals surface area contributed by atoms with Crippen molar-refractivity contribution in [2.24, 2.45) is 0 Å². The van der Waals surface area contributed by atoms with Crippen LogP contribution in [-0.4, -0.2) is 36.1 Å². The number of nitrogens with one attached hydrogen (secondary N) is 1. The molecular weight excluding hydrogens is 318 g/mol. The third-order valence-electron chi connectivity index (χ3n) is 4.62. The fraction of sp³-hybridized carbons (Fsp3) is 0.316. The Bertz CT molecular complexity index is 801. The summed E-state index contributed by atoms with van der Waals surface area (Å²) < 4.78 is 5.41. The summed E-state index contributed by atoms with van der Waals surface area (Å²) in [5, 5.41) is 2.90. The van der Waals surface area contributed by atoms with Gasteiger partial charge < -0.3 is 15.0 Å². The van der Waals surface area contributed by atoms with Gasteiger partial charge in [0, 0.05) is 36.9 Å². The van der Waals surface area contributed by atoms with Crippen LogP contribution in [0.25, 0.3) is 0 Å². The van der Waals surface area contributed by atoms with Gasteiger partial charge in [-0.15, -0.1) is 0 Å². The highest BCUT2D eigenvalue weighted by atomic mass is 16.5. The number of rotatable bonds is 3. The Kier molecular flexibility index (Phi) is 4.19. The van der Waals surface area contributed by atoms with Crippen LogP contribution in [0.5, 0.6) is 0 Å². The maximum absolute atomic E-state index is 12.7. The molecule has 4 rings (SSSR count). The van der Waals surface area contributed by atoms with E-state index in [0.717, 1.165) is 30.5 Å². The highest BCUT2D eigenvalue weighted by molar-refractivity contribution is 6.07. The topological polar surface area (TPSA) is 71.5 Å². The van der Waals surface area contributed by atoms with Crippen molar-refractivity contribution in [3.05, 3.63) is 53.9 Å². The molecule has 6 nitrogen and oxygen atoms in total. The van der Waals surface area contributed by atoms with Gasteiger partial charge in [-0.3, -0.25) is 14.6 Å². The zero-order chi connectivity index (χ0) is 17.2. The molecule has 1 unspecified atom stereocenters. The molecule has 2 aromatic rings. The minimum atomic E-state index is -0.374. The van der Waals surface area contributed by atoms with Crippen LogP contribution in [0.4, 0.5) is 11.4 Å². The number of pyridine rings is 1. The van der Waals surface area contributed by atoms with Crippen LogP contribution in [0.1, 0.15) is 28.8 Å². The second-order valence-corrected chi connectivity index (χ2v) is 6.28. The van der Waals surface area contributed by atoms with Crippen molar-refractivity contribution in [1.29, 1.82) is 0 Å². The van der Waals surface area contributed by atoms with Crippen molar-refractivity contribution < 1.29 is 14.3 Å². The van der Waals surface area contributed by atoms with Gasteiger partial charge in [-0.25, -0.2) is 0 Å². The molecule has 25 heavy (non-hydrogen) atoms. The van der Waals surface area contributed by atoms with E-state index < -0.39 is 0 Å². The number of hydrogen-bond donors (Lipinski definition) is 1. The quantitative estimate of drug-likeness (QED) is 0.933. The van der Waals surface area contributed by atoms with Gasteiger partial charge in [0.05, 0.1) is 5.56 Å². The van der Waals surface area contributed by atoms with Gasteiger partial charge in [0.25, 0.3) is 11.8 Å². The third kappa shape index (κ3) is 3.13. The highest BCUT2D eigenvalue weighted by Crippen LogP contribution is 2.32. The van der Waals surface area contributed by atoms with Gasteiger partial charge in [0.15, 0.2) is 0 Å². The van der Waals surface area contributed by atoms with Crippen LogP contribution >= 0.6 is 0 Å². The van der Waals surface area contributed by atoms with Gasteiger partial charge in [0.1, 0.15) is 6.10 Å². The predicted molar refractivity (Wildman–Crippen MR) is 93.7 cm³/mol. The number of aromatic nitrogens is 1. The molecule has 0 bridgehead atoms. The number of benzene rings is 1. The number of hydrogen-bond acceptors (Lipinski definition) is 4. The summed E-state index contributed by atoms with van der Waals surface area (Å²) in [7, 11) is 0. The molecule has 1 saturated heterocycles. The molecule has 6 heteroatoms. The van der Waals surface area contributed by atoms with Gasteiger partial charge in [0.2, 0.25) is 0 Å². The minimum Gasteiger partial charge on any atom is -0.368 e. The molecule has 0 spiro atoms. The number of carbonyl (C=O) groups is 2. The number of carbonyl (C=O) groups excluding carboxylic acids is 2. The maximum Gasteiger partial charge on any atom is 0.259 e. The first-order chi connectivity index (χ1) is 12.2. The second kappa shape index (κ2) is 6.64. The van der Waals surface area contributed by atoms with Crippen molar-refractivity contribution in [3.63, 3.8) is 0 Å². The van der Waals surface area contributed by atoms with E-state index in [1.807, 2.05) is 18.2 Å². The summed E-state index contributed by atoms with van der Waals surface area (Å²) in [6.45, 7) is 1.27.